The van der Waals surface area contributed by atoms with Gasteiger partial charge in [-0.25, -0.2) is 0 Å². The Balaban J connectivity index is 1.25. The van der Waals surface area contributed by atoms with Gasteiger partial charge in [-0.1, -0.05) is 60.5 Å². The lowest BCUT2D eigenvalue weighted by atomic mass is 9.76. The third-order valence-electron chi connectivity index (χ3n) is 11.9. The Kier molecular flexibility index (Phi) is 14.4. The van der Waals surface area contributed by atoms with Crippen molar-refractivity contribution in [3.63, 3.8) is 0 Å². The predicted molar refractivity (Wildman–Crippen MR) is 224 cm³/mol. The van der Waals surface area contributed by atoms with Crippen molar-refractivity contribution in [3.8, 4) is 11.5 Å². The fraction of sp³-hybridized carbons (Fsp3) is 0.455. The Hall–Kier alpha value is -4.50. The quantitative estimate of drug-likeness (QED) is 0.0843. The Morgan fingerprint density at radius 1 is 1.00 bits per heavy atom. The predicted octanol–water partition coefficient (Wildman–Crippen LogP) is 6.19. The number of amides is 1. The van der Waals surface area contributed by atoms with Crippen LogP contribution in [0.4, 0.5) is 0 Å². The molecule has 2 aromatic carbocycles. The molecule has 2 fully saturated rings. The van der Waals surface area contributed by atoms with Crippen molar-refractivity contribution in [3.05, 3.63) is 106 Å². The molecule has 0 spiro atoms. The van der Waals surface area contributed by atoms with Crippen LogP contribution in [0.15, 0.2) is 79.2 Å². The summed E-state index contributed by atoms with van der Waals surface area (Å²) in [4.78, 5) is 43.0. The monoisotopic (exact) mass is 850 g/mol. The van der Waals surface area contributed by atoms with Crippen molar-refractivity contribution in [2.45, 2.75) is 75.1 Å². The molecule has 2 aliphatic heterocycles. The minimum absolute atomic E-state index is 0.0274. The lowest BCUT2D eigenvalue weighted by molar-refractivity contribution is -0.155. The fourth-order valence-corrected chi connectivity index (χ4v) is 8.68. The number of nitrogens with two attached hydrogens (primary N) is 1. The van der Waals surface area contributed by atoms with E-state index in [2.05, 4.69) is 9.88 Å². The number of carboxylic acid groups (broad SMARTS) is 2. The summed E-state index contributed by atoms with van der Waals surface area (Å²) in [6.45, 7) is 4.42. The topological polar surface area (TPSA) is 185 Å². The number of allylic oxidation sites excluding steroid dienone is 2. The first-order valence-electron chi connectivity index (χ1n) is 19.9. The number of carbonyl (C=O) groups excluding carboxylic acids is 1. The number of likely N-dealkylation sites (tertiary alicyclic amines) is 2. The number of ether oxygens (including phenoxy) is 3. The highest BCUT2D eigenvalue weighted by atomic mass is 35.5. The van der Waals surface area contributed by atoms with Crippen LogP contribution in [-0.4, -0.2) is 110 Å². The van der Waals surface area contributed by atoms with E-state index in [1.165, 1.54) is 6.20 Å². The van der Waals surface area contributed by atoms with E-state index in [0.717, 1.165) is 24.0 Å². The Labute approximate surface area is 354 Å². The van der Waals surface area contributed by atoms with Crippen LogP contribution in [0.1, 0.15) is 72.5 Å². The summed E-state index contributed by atoms with van der Waals surface area (Å²) in [6, 6.07) is 14.2. The highest BCUT2D eigenvalue weighted by Crippen LogP contribution is 2.48. The standard InChI is InChI=1S/C44H52Cl2N4O9/c1-42(46)34(31-9-3-2-4-10-31)11-7-13-44(42,59-20-8-16-49-18-14-43(28-51,15-19-49)41(55)56)29-58-38-23-37(57-27-30-21-32(39(47)52)25-48-24-30)33(22-35(38)45)26-50-17-6-5-12-36(50)40(53)54/h2-4,7,9-11,13,21-25,36,51H,5-6,8,12,14-20,26-29H2,1H3,(H2,47,52)(H,53,54)(H,55,56)/t36-,42?,44?/m0/s1. The summed E-state index contributed by atoms with van der Waals surface area (Å²) in [6.07, 6.45) is 12.3. The number of hydrogen-bond acceptors (Lipinski definition) is 10. The number of primary amides is 1. The summed E-state index contributed by atoms with van der Waals surface area (Å²) in [5, 5.41) is 29.8. The maximum Gasteiger partial charge on any atom is 0.320 e. The van der Waals surface area contributed by atoms with Crippen LogP contribution in [-0.2, 0) is 27.5 Å². The molecular weight excluding hydrogens is 799 g/mol. The van der Waals surface area contributed by atoms with Gasteiger partial charge in [-0.15, -0.1) is 11.6 Å². The molecule has 1 aliphatic carbocycles. The molecular formula is C44H52Cl2N4O9. The number of hydrogen-bond donors (Lipinski definition) is 4. The van der Waals surface area contributed by atoms with Crippen LogP contribution in [0.25, 0.3) is 5.57 Å². The molecule has 5 N–H and O–H groups in total. The third-order valence-corrected chi connectivity index (χ3v) is 12.7. The molecule has 3 heterocycles. The maximum atomic E-state index is 12.2. The number of carbonyl (C=O) groups is 3. The van der Waals surface area contributed by atoms with Crippen molar-refractivity contribution in [2.75, 3.05) is 46.0 Å². The van der Waals surface area contributed by atoms with Crippen LogP contribution in [0.3, 0.4) is 0 Å². The normalized spacial score (nSPS) is 23.3. The molecule has 3 aromatic rings. The number of piperidine rings is 2. The number of aliphatic hydroxyl groups excluding tert-OH is 1. The zero-order valence-electron chi connectivity index (χ0n) is 33.2. The van der Waals surface area contributed by atoms with Crippen LogP contribution in [0.5, 0.6) is 11.5 Å². The van der Waals surface area contributed by atoms with E-state index in [4.69, 9.17) is 43.1 Å². The Morgan fingerprint density at radius 2 is 1.76 bits per heavy atom. The van der Waals surface area contributed by atoms with Crippen LogP contribution >= 0.6 is 23.2 Å². The molecule has 0 radical (unpaired) electrons. The molecule has 0 saturated carbocycles. The number of pyridine rings is 1. The van der Waals surface area contributed by atoms with E-state index in [9.17, 15) is 29.7 Å². The van der Waals surface area contributed by atoms with E-state index >= 15 is 0 Å². The second-order valence-corrected chi connectivity index (χ2v) is 16.9. The van der Waals surface area contributed by atoms with Gasteiger partial charge in [-0.3, -0.25) is 24.3 Å². The SMILES string of the molecule is CC1(Cl)C(c2ccccc2)=CC=CC1(COc1cc(OCc2cncc(C(N)=O)c2)c(CN2CCCC[C@H]2C(=O)O)cc1Cl)OCCCN1CCC(CO)(C(=O)O)CC1. The van der Waals surface area contributed by atoms with Crippen molar-refractivity contribution in [2.24, 2.45) is 11.1 Å². The van der Waals surface area contributed by atoms with Gasteiger partial charge in [0.1, 0.15) is 41.2 Å². The number of aromatic nitrogens is 1. The van der Waals surface area contributed by atoms with Crippen molar-refractivity contribution < 1.29 is 43.9 Å². The van der Waals surface area contributed by atoms with E-state index in [1.54, 1.807) is 24.4 Å². The highest BCUT2D eigenvalue weighted by Gasteiger charge is 2.51. The second-order valence-electron chi connectivity index (χ2n) is 15.7. The molecule has 13 nitrogen and oxygen atoms in total. The first-order chi connectivity index (χ1) is 28.3. The minimum atomic E-state index is -1.20. The molecule has 316 valence electrons. The number of carboxylic acids is 2. The number of alkyl halides is 1. The molecule has 2 saturated heterocycles. The van der Waals surface area contributed by atoms with Gasteiger partial charge in [0.2, 0.25) is 5.91 Å². The summed E-state index contributed by atoms with van der Waals surface area (Å²) in [5.74, 6) is -1.77. The third kappa shape index (κ3) is 10.1. The molecule has 3 atom stereocenters. The summed E-state index contributed by atoms with van der Waals surface area (Å²) < 4.78 is 19.7. The Morgan fingerprint density at radius 3 is 2.46 bits per heavy atom. The van der Waals surface area contributed by atoms with Crippen LogP contribution in [0.2, 0.25) is 5.02 Å². The number of rotatable bonds is 18. The van der Waals surface area contributed by atoms with Crippen molar-refractivity contribution in [1.29, 1.82) is 0 Å². The number of nitrogens with zero attached hydrogens (tertiary/aromatic N) is 3. The average molecular weight is 852 g/mol. The molecule has 0 bridgehead atoms. The van der Waals surface area contributed by atoms with Gasteiger partial charge in [0.15, 0.2) is 0 Å². The van der Waals surface area contributed by atoms with Crippen LogP contribution in [0, 0.1) is 5.41 Å². The van der Waals surface area contributed by atoms with Gasteiger partial charge in [0.05, 0.1) is 22.6 Å². The molecule has 15 heteroatoms. The first-order valence-corrected chi connectivity index (χ1v) is 20.7. The second kappa shape index (κ2) is 19.3. The summed E-state index contributed by atoms with van der Waals surface area (Å²) >= 11 is 14.6. The summed E-state index contributed by atoms with van der Waals surface area (Å²) in [5.41, 5.74) is 6.45. The molecule has 1 amide bonds. The van der Waals surface area contributed by atoms with Gasteiger partial charge in [0.25, 0.3) is 0 Å². The largest absolute Gasteiger partial charge is 0.488 e. The smallest absolute Gasteiger partial charge is 0.320 e. The van der Waals surface area contributed by atoms with Crippen LogP contribution < -0.4 is 15.2 Å². The lowest BCUT2D eigenvalue weighted by Crippen LogP contribution is -2.55. The van der Waals surface area contributed by atoms with E-state index in [1.807, 2.05) is 60.4 Å². The summed E-state index contributed by atoms with van der Waals surface area (Å²) in [7, 11) is 0. The molecule has 2 unspecified atom stereocenters. The molecule has 3 aliphatic rings. The highest BCUT2D eigenvalue weighted by molar-refractivity contribution is 6.32. The van der Waals surface area contributed by atoms with Gasteiger partial charge >= 0.3 is 11.9 Å². The van der Waals surface area contributed by atoms with Gasteiger partial charge in [-0.05, 0) is 88.0 Å². The molecule has 6 rings (SSSR count). The van der Waals surface area contributed by atoms with E-state index in [0.29, 0.717) is 81.1 Å². The number of aliphatic carboxylic acids is 2. The van der Waals surface area contributed by atoms with Gasteiger partial charge < -0.3 is 40.2 Å². The van der Waals surface area contributed by atoms with E-state index < -0.39 is 39.8 Å². The molecule has 59 heavy (non-hydrogen) atoms. The van der Waals surface area contributed by atoms with Gasteiger partial charge in [-0.2, -0.15) is 0 Å². The zero-order chi connectivity index (χ0) is 42.2. The molecule has 1 aromatic heterocycles. The zero-order valence-corrected chi connectivity index (χ0v) is 34.7. The average Bonchev–Trinajstić information content (AvgIpc) is 3.23. The fourth-order valence-electron chi connectivity index (χ4n) is 8.09. The van der Waals surface area contributed by atoms with E-state index in [-0.39, 0.29) is 37.0 Å². The number of halogens is 2. The van der Waals surface area contributed by atoms with Crippen molar-refractivity contribution >= 4 is 46.6 Å². The minimum Gasteiger partial charge on any atom is -0.488 e. The number of benzene rings is 2. The Bertz CT molecular complexity index is 2040. The lowest BCUT2D eigenvalue weighted by Gasteiger charge is -2.45. The first kappa shape index (κ1) is 44.1. The maximum absolute atomic E-state index is 12.2. The number of aliphatic hydroxyl groups is 1. The van der Waals surface area contributed by atoms with Crippen molar-refractivity contribution in [1.82, 2.24) is 14.8 Å². The van der Waals surface area contributed by atoms with Gasteiger partial charge in [0, 0.05) is 49.3 Å².